The average molecular weight is 643 g/mol. The fraction of sp³-hybridized carbons (Fsp3) is 0.111. The van der Waals surface area contributed by atoms with Gasteiger partial charge in [0.2, 0.25) is 0 Å². The van der Waals surface area contributed by atoms with Crippen LogP contribution in [0.1, 0.15) is 23.1 Å². The molecule has 1 nitrogen and oxygen atoms in total. The summed E-state index contributed by atoms with van der Waals surface area (Å²) in [6.07, 6.45) is -6.22. The van der Waals surface area contributed by atoms with Crippen LogP contribution in [0.3, 0.4) is 0 Å². The number of hydrogen-bond acceptors (Lipinski definition) is 1. The highest BCUT2D eigenvalue weighted by atomic mass is 19.4. The van der Waals surface area contributed by atoms with Crippen LogP contribution in [0.25, 0.3) is 33.4 Å². The summed E-state index contributed by atoms with van der Waals surface area (Å²) in [6.45, 7) is 3.57. The van der Waals surface area contributed by atoms with E-state index in [-0.39, 0.29) is 28.0 Å². The summed E-state index contributed by atoms with van der Waals surface area (Å²) in [5, 5.41) is 0. The Kier molecular flexibility index (Phi) is 9.01. The Bertz CT molecular complexity index is 1890. The van der Waals surface area contributed by atoms with Gasteiger partial charge in [-0.05, 0) is 89.2 Å². The Balaban J connectivity index is 1.32. The normalized spacial score (nSPS) is 11.8. The molecule has 0 unspecified atom stereocenters. The number of alkyl halides is 5. The summed E-state index contributed by atoms with van der Waals surface area (Å²) in [6, 6.07) is 18.3. The molecular weight excluding hydrogens is 619 g/mol. The Hall–Kier alpha value is -4.99. The van der Waals surface area contributed by atoms with Gasteiger partial charge in [0.15, 0.2) is 0 Å². The van der Waals surface area contributed by atoms with Crippen molar-refractivity contribution in [3.8, 4) is 39.1 Å². The number of hydrogen-bond donors (Lipinski definition) is 0. The van der Waals surface area contributed by atoms with Crippen molar-refractivity contribution in [3.63, 3.8) is 0 Å². The van der Waals surface area contributed by atoms with Crippen LogP contribution in [0.2, 0.25) is 0 Å². The SMILES string of the molecule is C=CCCc1ccc(C(F)(F)Oc2ccc(-c3ccc(-c4ccc(-c5ccc(C(F)(F)F)c(F)c5)c(F)c4)c(F)c3)cc2)c(F)c1. The molecule has 0 amide bonds. The molecule has 0 N–H and O–H groups in total. The maximum atomic E-state index is 15.2. The quantitative estimate of drug-likeness (QED) is 0.115. The highest BCUT2D eigenvalue weighted by Gasteiger charge is 2.38. The number of allylic oxidation sites excluding steroid dienone is 1. The molecule has 46 heavy (non-hydrogen) atoms. The Morgan fingerprint density at radius 1 is 0.543 bits per heavy atom. The molecule has 0 aliphatic heterocycles. The van der Waals surface area contributed by atoms with Crippen molar-refractivity contribution < 1.29 is 44.3 Å². The summed E-state index contributed by atoms with van der Waals surface area (Å²) in [4.78, 5) is 0. The van der Waals surface area contributed by atoms with Crippen molar-refractivity contribution in [2.45, 2.75) is 25.1 Å². The predicted molar refractivity (Wildman–Crippen MR) is 157 cm³/mol. The maximum absolute atomic E-state index is 15.2. The summed E-state index contributed by atoms with van der Waals surface area (Å²) >= 11 is 0. The molecule has 0 fully saturated rings. The minimum atomic E-state index is -4.90. The third kappa shape index (κ3) is 6.96. The lowest BCUT2D eigenvalue weighted by Gasteiger charge is -2.19. The van der Waals surface area contributed by atoms with Gasteiger partial charge in [0.05, 0.1) is 11.1 Å². The summed E-state index contributed by atoms with van der Waals surface area (Å²) in [5.74, 6) is -4.58. The molecule has 5 rings (SSSR count). The zero-order valence-corrected chi connectivity index (χ0v) is 23.7. The van der Waals surface area contributed by atoms with E-state index in [1.165, 1.54) is 54.6 Å². The van der Waals surface area contributed by atoms with Gasteiger partial charge in [0, 0.05) is 11.1 Å². The lowest BCUT2D eigenvalue weighted by molar-refractivity contribution is -0.187. The molecule has 0 spiro atoms. The van der Waals surface area contributed by atoms with Crippen LogP contribution in [0.4, 0.5) is 39.5 Å². The van der Waals surface area contributed by atoms with Crippen LogP contribution in [0.15, 0.2) is 110 Å². The number of ether oxygens (including phenoxy) is 1. The standard InChI is InChI=1S/C36H23F9O/c1-2-3-4-21-5-15-30(33(39)17-21)36(44,45)46-26-11-6-22(7-12-26)23-8-13-27(31(37)18-23)24-9-14-28(32(38)19-24)25-10-16-29(34(40)20-25)35(41,42)43/h2,5-20H,1,3-4H2. The molecule has 0 atom stereocenters. The van der Waals surface area contributed by atoms with Crippen molar-refractivity contribution in [1.82, 2.24) is 0 Å². The van der Waals surface area contributed by atoms with Crippen LogP contribution in [0, 0.1) is 23.3 Å². The smallest absolute Gasteiger partial charge is 0.429 e. The van der Waals surface area contributed by atoms with Gasteiger partial charge >= 0.3 is 12.3 Å². The van der Waals surface area contributed by atoms with Gasteiger partial charge in [-0.3, -0.25) is 0 Å². The fourth-order valence-corrected chi connectivity index (χ4v) is 4.90. The van der Waals surface area contributed by atoms with E-state index in [0.717, 1.165) is 30.3 Å². The summed E-state index contributed by atoms with van der Waals surface area (Å²) in [7, 11) is 0. The van der Waals surface area contributed by atoms with Gasteiger partial charge in [0.25, 0.3) is 0 Å². The summed E-state index contributed by atoms with van der Waals surface area (Å²) < 4.78 is 132. The zero-order chi connectivity index (χ0) is 33.2. The van der Waals surface area contributed by atoms with Crippen LogP contribution in [-0.4, -0.2) is 0 Å². The Morgan fingerprint density at radius 2 is 1.04 bits per heavy atom. The molecule has 0 heterocycles. The number of aryl methyl sites for hydroxylation is 1. The van der Waals surface area contributed by atoms with E-state index in [1.54, 1.807) is 6.08 Å². The predicted octanol–water partition coefficient (Wildman–Crippen LogP) is 11.5. The van der Waals surface area contributed by atoms with Crippen LogP contribution < -0.4 is 4.74 Å². The molecular formula is C36H23F9O. The van der Waals surface area contributed by atoms with Crippen molar-refractivity contribution >= 4 is 0 Å². The average Bonchev–Trinajstić information content (AvgIpc) is 2.99. The monoisotopic (exact) mass is 642 g/mol. The van der Waals surface area contributed by atoms with E-state index < -0.39 is 46.7 Å². The minimum absolute atomic E-state index is 0.00457. The van der Waals surface area contributed by atoms with Crippen molar-refractivity contribution in [1.29, 1.82) is 0 Å². The Morgan fingerprint density at radius 3 is 1.59 bits per heavy atom. The van der Waals surface area contributed by atoms with Crippen molar-refractivity contribution in [2.24, 2.45) is 0 Å². The highest BCUT2D eigenvalue weighted by Crippen LogP contribution is 2.37. The fourth-order valence-electron chi connectivity index (χ4n) is 4.90. The topological polar surface area (TPSA) is 9.23 Å². The van der Waals surface area contributed by atoms with Gasteiger partial charge < -0.3 is 4.74 Å². The van der Waals surface area contributed by atoms with E-state index in [4.69, 9.17) is 4.74 Å². The third-order valence-corrected chi connectivity index (χ3v) is 7.25. The van der Waals surface area contributed by atoms with Gasteiger partial charge in [-0.25, -0.2) is 17.6 Å². The highest BCUT2D eigenvalue weighted by molar-refractivity contribution is 5.74. The molecule has 0 saturated heterocycles. The first-order valence-electron chi connectivity index (χ1n) is 13.8. The summed E-state index contributed by atoms with van der Waals surface area (Å²) in [5.41, 5.74) is -1.25. The zero-order valence-electron chi connectivity index (χ0n) is 23.7. The molecule has 0 radical (unpaired) electrons. The molecule has 0 saturated carbocycles. The first-order chi connectivity index (χ1) is 21.8. The third-order valence-electron chi connectivity index (χ3n) is 7.25. The molecule has 10 heteroatoms. The second kappa shape index (κ2) is 12.8. The van der Waals surface area contributed by atoms with Crippen molar-refractivity contribution in [2.75, 3.05) is 0 Å². The molecule has 0 aromatic heterocycles. The number of rotatable bonds is 9. The van der Waals surface area contributed by atoms with Crippen LogP contribution >= 0.6 is 0 Å². The molecule has 0 aliphatic carbocycles. The molecule has 0 bridgehead atoms. The molecule has 5 aromatic rings. The van der Waals surface area contributed by atoms with E-state index >= 15 is 4.39 Å². The van der Waals surface area contributed by atoms with E-state index in [0.29, 0.717) is 41.7 Å². The maximum Gasteiger partial charge on any atom is 0.429 e. The molecule has 236 valence electrons. The van der Waals surface area contributed by atoms with E-state index in [2.05, 4.69) is 6.58 Å². The van der Waals surface area contributed by atoms with Gasteiger partial charge in [0.1, 0.15) is 29.0 Å². The van der Waals surface area contributed by atoms with E-state index in [1.807, 2.05) is 0 Å². The van der Waals surface area contributed by atoms with Gasteiger partial charge in [-0.15, -0.1) is 6.58 Å². The second-order valence-electron chi connectivity index (χ2n) is 10.4. The lowest BCUT2D eigenvalue weighted by Crippen LogP contribution is -2.23. The lowest BCUT2D eigenvalue weighted by atomic mass is 9.96. The number of halogens is 9. The second-order valence-corrected chi connectivity index (χ2v) is 10.4. The van der Waals surface area contributed by atoms with Gasteiger partial charge in [-0.1, -0.05) is 54.6 Å². The van der Waals surface area contributed by atoms with E-state index in [9.17, 15) is 35.1 Å². The largest absolute Gasteiger partial charge is 0.429 e. The first-order valence-corrected chi connectivity index (χ1v) is 13.8. The Labute approximate surface area is 258 Å². The van der Waals surface area contributed by atoms with Crippen molar-refractivity contribution in [3.05, 3.63) is 150 Å². The van der Waals surface area contributed by atoms with Gasteiger partial charge in [-0.2, -0.15) is 22.0 Å². The first kappa shape index (κ1) is 32.4. The van der Waals surface area contributed by atoms with Crippen LogP contribution in [-0.2, 0) is 18.7 Å². The molecule has 5 aromatic carbocycles. The molecule has 0 aliphatic rings. The number of benzene rings is 5. The van der Waals surface area contributed by atoms with Crippen LogP contribution in [0.5, 0.6) is 5.75 Å². The minimum Gasteiger partial charge on any atom is -0.429 e.